The van der Waals surface area contributed by atoms with Gasteiger partial charge in [-0.15, -0.1) is 11.8 Å². The SMILES string of the molecule is CCC[C@H](C)NS(=O)(=O)c1ccc(SC)c(C(=O)N2CCCCC2)c1. The molecular weight excluding hydrogens is 356 g/mol. The van der Waals surface area contributed by atoms with Gasteiger partial charge in [0, 0.05) is 24.0 Å². The summed E-state index contributed by atoms with van der Waals surface area (Å²) in [5, 5.41) is 0. The zero-order chi connectivity index (χ0) is 18.4. The van der Waals surface area contributed by atoms with Crippen molar-refractivity contribution >= 4 is 27.7 Å². The average molecular weight is 385 g/mol. The molecule has 5 nitrogen and oxygen atoms in total. The highest BCUT2D eigenvalue weighted by Crippen LogP contribution is 2.26. The van der Waals surface area contributed by atoms with Crippen LogP contribution in [-0.2, 0) is 10.0 Å². The van der Waals surface area contributed by atoms with E-state index in [4.69, 9.17) is 0 Å². The lowest BCUT2D eigenvalue weighted by Gasteiger charge is -2.27. The van der Waals surface area contributed by atoms with Gasteiger partial charge in [-0.05, 0) is 57.1 Å². The van der Waals surface area contributed by atoms with Crippen molar-refractivity contribution in [1.82, 2.24) is 9.62 Å². The second-order valence-electron chi connectivity index (χ2n) is 6.53. The van der Waals surface area contributed by atoms with Gasteiger partial charge in [-0.2, -0.15) is 0 Å². The Kier molecular flexibility index (Phi) is 7.34. The van der Waals surface area contributed by atoms with Gasteiger partial charge in [-0.3, -0.25) is 4.79 Å². The van der Waals surface area contributed by atoms with Crippen molar-refractivity contribution < 1.29 is 13.2 Å². The minimum Gasteiger partial charge on any atom is -0.339 e. The number of piperidine rings is 1. The molecule has 1 saturated heterocycles. The van der Waals surface area contributed by atoms with Crippen LogP contribution < -0.4 is 4.72 Å². The maximum atomic E-state index is 12.9. The summed E-state index contributed by atoms with van der Waals surface area (Å²) < 4.78 is 27.9. The first kappa shape index (κ1) is 20.3. The van der Waals surface area contributed by atoms with Crippen molar-refractivity contribution in [2.75, 3.05) is 19.3 Å². The van der Waals surface area contributed by atoms with E-state index in [1.807, 2.05) is 25.0 Å². The van der Waals surface area contributed by atoms with E-state index in [1.165, 1.54) is 17.8 Å². The van der Waals surface area contributed by atoms with E-state index in [0.717, 1.165) is 50.1 Å². The van der Waals surface area contributed by atoms with E-state index < -0.39 is 10.0 Å². The Hall–Kier alpha value is -1.05. The van der Waals surface area contributed by atoms with Crippen LogP contribution in [-0.4, -0.2) is 44.6 Å². The van der Waals surface area contributed by atoms with Crippen LogP contribution in [0, 0.1) is 0 Å². The number of nitrogens with one attached hydrogen (secondary N) is 1. The topological polar surface area (TPSA) is 66.5 Å². The molecule has 2 rings (SSSR count). The van der Waals surface area contributed by atoms with Crippen LogP contribution in [0.25, 0.3) is 0 Å². The largest absolute Gasteiger partial charge is 0.339 e. The summed E-state index contributed by atoms with van der Waals surface area (Å²) in [5.74, 6) is -0.0669. The third-order valence-corrected chi connectivity index (χ3v) is 6.82. The average Bonchev–Trinajstić information content (AvgIpc) is 2.61. The fourth-order valence-electron chi connectivity index (χ4n) is 3.11. The fraction of sp³-hybridized carbons (Fsp3) is 0.611. The standard InChI is InChI=1S/C18H28N2O3S2/c1-4-8-14(2)19-25(22,23)15-9-10-17(24-3)16(13-15)18(21)20-11-6-5-7-12-20/h9-10,13-14,19H,4-8,11-12H2,1-3H3/t14-/m0/s1. The van der Waals surface area contributed by atoms with Gasteiger partial charge >= 0.3 is 0 Å². The number of benzene rings is 1. The molecular formula is C18H28N2O3S2. The second kappa shape index (κ2) is 9.05. The van der Waals surface area contributed by atoms with E-state index >= 15 is 0 Å². The Balaban J connectivity index is 2.31. The van der Waals surface area contributed by atoms with Gasteiger partial charge in [0.05, 0.1) is 10.5 Å². The number of sulfonamides is 1. The van der Waals surface area contributed by atoms with Crippen molar-refractivity contribution in [2.45, 2.75) is 61.8 Å². The highest BCUT2D eigenvalue weighted by molar-refractivity contribution is 7.98. The molecule has 1 fully saturated rings. The third-order valence-electron chi connectivity index (χ3n) is 4.43. The van der Waals surface area contributed by atoms with Crippen LogP contribution in [0.15, 0.2) is 28.0 Å². The Morgan fingerprint density at radius 1 is 1.28 bits per heavy atom. The minimum absolute atomic E-state index is 0.0669. The number of thioether (sulfide) groups is 1. The summed E-state index contributed by atoms with van der Waals surface area (Å²) >= 11 is 1.47. The normalized spacial score (nSPS) is 16.7. The van der Waals surface area contributed by atoms with E-state index in [9.17, 15) is 13.2 Å². The van der Waals surface area contributed by atoms with Crippen LogP contribution in [0.5, 0.6) is 0 Å². The Morgan fingerprint density at radius 2 is 1.96 bits per heavy atom. The van der Waals surface area contributed by atoms with E-state index in [2.05, 4.69) is 4.72 Å². The van der Waals surface area contributed by atoms with Crippen molar-refractivity contribution in [2.24, 2.45) is 0 Å². The summed E-state index contributed by atoms with van der Waals surface area (Å²) in [6.07, 6.45) is 6.75. The lowest BCUT2D eigenvalue weighted by molar-refractivity contribution is 0.0720. The number of likely N-dealkylation sites (tertiary alicyclic amines) is 1. The molecule has 140 valence electrons. The van der Waals surface area contributed by atoms with Gasteiger partial charge in [-0.1, -0.05) is 13.3 Å². The van der Waals surface area contributed by atoms with E-state index in [0.29, 0.717) is 5.56 Å². The van der Waals surface area contributed by atoms with Crippen molar-refractivity contribution in [3.05, 3.63) is 23.8 Å². The molecule has 1 aromatic carbocycles. The Morgan fingerprint density at radius 3 is 2.56 bits per heavy atom. The highest BCUT2D eigenvalue weighted by Gasteiger charge is 2.24. The van der Waals surface area contributed by atoms with Crippen LogP contribution >= 0.6 is 11.8 Å². The molecule has 1 aromatic rings. The number of hydrogen-bond acceptors (Lipinski definition) is 4. The number of nitrogens with zero attached hydrogens (tertiary/aromatic N) is 1. The van der Waals surface area contributed by atoms with Crippen molar-refractivity contribution in [3.63, 3.8) is 0 Å². The maximum Gasteiger partial charge on any atom is 0.255 e. The van der Waals surface area contributed by atoms with Gasteiger partial charge in [0.25, 0.3) is 5.91 Å². The Bertz CT molecular complexity index is 698. The summed E-state index contributed by atoms with van der Waals surface area (Å²) in [6.45, 7) is 5.37. The zero-order valence-electron chi connectivity index (χ0n) is 15.2. The molecule has 1 atom stereocenters. The molecule has 1 aliphatic rings. The molecule has 1 heterocycles. The maximum absolute atomic E-state index is 12.9. The zero-order valence-corrected chi connectivity index (χ0v) is 16.9. The van der Waals surface area contributed by atoms with Crippen LogP contribution in [0.1, 0.15) is 56.3 Å². The van der Waals surface area contributed by atoms with Gasteiger partial charge in [0.1, 0.15) is 0 Å². The van der Waals surface area contributed by atoms with Gasteiger partial charge in [-0.25, -0.2) is 13.1 Å². The molecule has 1 amide bonds. The molecule has 1 N–H and O–H groups in total. The Labute approximate surface area is 155 Å². The number of carbonyl (C=O) groups is 1. The summed E-state index contributed by atoms with van der Waals surface area (Å²) in [5.41, 5.74) is 0.486. The quantitative estimate of drug-likeness (QED) is 0.731. The first-order valence-corrected chi connectivity index (χ1v) is 11.6. The molecule has 0 unspecified atom stereocenters. The smallest absolute Gasteiger partial charge is 0.255 e. The molecule has 25 heavy (non-hydrogen) atoms. The molecule has 0 spiro atoms. The highest BCUT2D eigenvalue weighted by atomic mass is 32.2. The van der Waals surface area contributed by atoms with Crippen molar-refractivity contribution in [3.8, 4) is 0 Å². The van der Waals surface area contributed by atoms with Crippen LogP contribution in [0.2, 0.25) is 0 Å². The number of amides is 1. The van der Waals surface area contributed by atoms with E-state index in [1.54, 1.807) is 12.1 Å². The monoisotopic (exact) mass is 384 g/mol. The first-order chi connectivity index (χ1) is 11.9. The summed E-state index contributed by atoms with van der Waals surface area (Å²) in [7, 11) is -3.62. The molecule has 0 bridgehead atoms. The predicted octanol–water partition coefficient (Wildman–Crippen LogP) is 3.50. The number of hydrogen-bond donors (Lipinski definition) is 1. The molecule has 0 aliphatic carbocycles. The minimum atomic E-state index is -3.62. The lowest BCUT2D eigenvalue weighted by atomic mass is 10.1. The molecule has 0 saturated carbocycles. The van der Waals surface area contributed by atoms with Crippen LogP contribution in [0.4, 0.5) is 0 Å². The predicted molar refractivity (Wildman–Crippen MR) is 103 cm³/mol. The first-order valence-electron chi connectivity index (χ1n) is 8.88. The molecule has 0 aromatic heterocycles. The summed E-state index contributed by atoms with van der Waals surface area (Å²) in [4.78, 5) is 15.7. The fourth-order valence-corrected chi connectivity index (χ4v) is 4.99. The van der Waals surface area contributed by atoms with Gasteiger partial charge in [0.15, 0.2) is 0 Å². The number of carbonyl (C=O) groups excluding carboxylic acids is 1. The van der Waals surface area contributed by atoms with Gasteiger partial charge < -0.3 is 4.90 Å². The van der Waals surface area contributed by atoms with Gasteiger partial charge in [0.2, 0.25) is 10.0 Å². The second-order valence-corrected chi connectivity index (χ2v) is 9.09. The lowest BCUT2D eigenvalue weighted by Crippen LogP contribution is -2.36. The van der Waals surface area contributed by atoms with E-state index in [-0.39, 0.29) is 16.8 Å². The number of rotatable bonds is 7. The third kappa shape index (κ3) is 5.21. The van der Waals surface area contributed by atoms with Crippen LogP contribution in [0.3, 0.4) is 0 Å². The molecule has 7 heteroatoms. The molecule has 0 radical (unpaired) electrons. The summed E-state index contributed by atoms with van der Waals surface area (Å²) in [6, 6.07) is 4.72. The molecule has 1 aliphatic heterocycles. The van der Waals surface area contributed by atoms with Crippen molar-refractivity contribution in [1.29, 1.82) is 0 Å².